The van der Waals surface area contributed by atoms with Crippen molar-refractivity contribution >= 4 is 17.5 Å². The molecular weight excluding hydrogens is 235 g/mol. The smallest absolute Gasteiger partial charge is 0.233 e. The van der Waals surface area contributed by atoms with Gasteiger partial charge in [0.15, 0.2) is 0 Å². The van der Waals surface area contributed by atoms with Crippen LogP contribution >= 0.6 is 0 Å². The van der Waals surface area contributed by atoms with E-state index in [1.807, 2.05) is 0 Å². The Kier molecular flexibility index (Phi) is 3.07. The van der Waals surface area contributed by atoms with Gasteiger partial charge < -0.3 is 5.73 Å². The molecule has 0 aliphatic carbocycles. The summed E-state index contributed by atoms with van der Waals surface area (Å²) in [7, 11) is 0. The highest BCUT2D eigenvalue weighted by Gasteiger charge is 2.42. The van der Waals surface area contributed by atoms with Gasteiger partial charge in [-0.25, -0.2) is 4.39 Å². The number of carbonyl (C=O) groups excluding carboxylic acids is 2. The van der Waals surface area contributed by atoms with Gasteiger partial charge in [0.2, 0.25) is 11.8 Å². The van der Waals surface area contributed by atoms with Gasteiger partial charge in [0.05, 0.1) is 6.54 Å². The Morgan fingerprint density at radius 3 is 2.33 bits per heavy atom. The number of anilines is 1. The lowest BCUT2D eigenvalue weighted by atomic mass is 10.00. The van der Waals surface area contributed by atoms with Crippen molar-refractivity contribution in [2.45, 2.75) is 20.4 Å². The molecule has 0 radical (unpaired) electrons. The van der Waals surface area contributed by atoms with Gasteiger partial charge >= 0.3 is 0 Å². The average molecular weight is 250 g/mol. The van der Waals surface area contributed by atoms with Gasteiger partial charge in [-0.05, 0) is 23.8 Å². The SMILES string of the molecule is CC1C(=O)N(Cc2cc(F)ccc2N)C(=O)C1C. The number of nitrogens with zero attached hydrogens (tertiary/aromatic N) is 1. The molecule has 0 saturated carbocycles. The first kappa shape index (κ1) is 12.5. The van der Waals surface area contributed by atoms with Crippen LogP contribution in [-0.2, 0) is 16.1 Å². The Balaban J connectivity index is 2.27. The number of halogens is 1. The van der Waals surface area contributed by atoms with Crippen LogP contribution < -0.4 is 5.73 Å². The third-order valence-electron chi connectivity index (χ3n) is 3.49. The van der Waals surface area contributed by atoms with Crippen LogP contribution in [0.2, 0.25) is 0 Å². The Morgan fingerprint density at radius 1 is 1.22 bits per heavy atom. The number of imide groups is 1. The first-order chi connectivity index (χ1) is 8.41. The summed E-state index contributed by atoms with van der Waals surface area (Å²) >= 11 is 0. The second-order valence-electron chi connectivity index (χ2n) is 4.68. The van der Waals surface area contributed by atoms with Crippen LogP contribution in [0, 0.1) is 17.7 Å². The summed E-state index contributed by atoms with van der Waals surface area (Å²) in [5.41, 5.74) is 6.55. The fraction of sp³-hybridized carbons (Fsp3) is 0.385. The van der Waals surface area contributed by atoms with Crippen LogP contribution in [0.1, 0.15) is 19.4 Å². The fourth-order valence-corrected chi connectivity index (χ4v) is 2.07. The van der Waals surface area contributed by atoms with Gasteiger partial charge in [0.1, 0.15) is 5.82 Å². The number of carbonyl (C=O) groups is 2. The molecule has 2 rings (SSSR count). The molecule has 1 fully saturated rings. The van der Waals surface area contributed by atoms with E-state index >= 15 is 0 Å². The predicted octanol–water partition coefficient (Wildman–Crippen LogP) is 1.55. The molecule has 2 N–H and O–H groups in total. The Hall–Kier alpha value is -1.91. The number of hydrogen-bond acceptors (Lipinski definition) is 3. The Morgan fingerprint density at radius 2 is 1.78 bits per heavy atom. The topological polar surface area (TPSA) is 63.4 Å². The maximum Gasteiger partial charge on any atom is 0.233 e. The monoisotopic (exact) mass is 250 g/mol. The molecule has 2 atom stereocenters. The predicted molar refractivity (Wildman–Crippen MR) is 64.7 cm³/mol. The van der Waals surface area contributed by atoms with Gasteiger partial charge in [-0.1, -0.05) is 13.8 Å². The van der Waals surface area contributed by atoms with E-state index < -0.39 is 5.82 Å². The first-order valence-corrected chi connectivity index (χ1v) is 5.81. The number of amides is 2. The Bertz CT molecular complexity index is 496. The molecule has 5 heteroatoms. The molecule has 1 aromatic carbocycles. The van der Waals surface area contributed by atoms with Crippen LogP contribution in [0.15, 0.2) is 18.2 Å². The van der Waals surface area contributed by atoms with E-state index in [4.69, 9.17) is 5.73 Å². The maximum absolute atomic E-state index is 13.1. The Labute approximate surface area is 105 Å². The van der Waals surface area contributed by atoms with Gasteiger partial charge in [-0.3, -0.25) is 14.5 Å². The van der Waals surface area contributed by atoms with Gasteiger partial charge in [-0.2, -0.15) is 0 Å². The number of likely N-dealkylation sites (tertiary alicyclic amines) is 1. The van der Waals surface area contributed by atoms with E-state index in [0.717, 1.165) is 4.90 Å². The zero-order chi connectivity index (χ0) is 13.4. The lowest BCUT2D eigenvalue weighted by Crippen LogP contribution is -2.30. The number of benzene rings is 1. The highest BCUT2D eigenvalue weighted by molar-refractivity contribution is 6.04. The lowest BCUT2D eigenvalue weighted by molar-refractivity contribution is -0.140. The fourth-order valence-electron chi connectivity index (χ4n) is 2.07. The molecule has 0 aromatic heterocycles. The summed E-state index contributed by atoms with van der Waals surface area (Å²) in [6.45, 7) is 3.48. The second-order valence-corrected chi connectivity index (χ2v) is 4.68. The summed E-state index contributed by atoms with van der Waals surface area (Å²) in [5, 5.41) is 0. The molecule has 4 nitrogen and oxygen atoms in total. The summed E-state index contributed by atoms with van der Waals surface area (Å²) < 4.78 is 13.1. The zero-order valence-electron chi connectivity index (χ0n) is 10.3. The summed E-state index contributed by atoms with van der Waals surface area (Å²) in [4.78, 5) is 24.9. The summed E-state index contributed by atoms with van der Waals surface area (Å²) in [5.74, 6) is -1.54. The molecular formula is C13H15FN2O2. The molecule has 0 spiro atoms. The summed E-state index contributed by atoms with van der Waals surface area (Å²) in [6.07, 6.45) is 0. The molecule has 2 amide bonds. The van der Waals surface area contributed by atoms with Gasteiger partial charge in [0, 0.05) is 17.5 Å². The number of rotatable bonds is 2. The van der Waals surface area contributed by atoms with Crippen molar-refractivity contribution in [1.82, 2.24) is 4.90 Å². The quantitative estimate of drug-likeness (QED) is 0.639. The number of nitrogens with two attached hydrogens (primary N) is 1. The van der Waals surface area contributed by atoms with Crippen LogP contribution in [0.3, 0.4) is 0 Å². The standard InChI is InChI=1S/C13H15FN2O2/c1-7-8(2)13(18)16(12(7)17)6-9-5-10(14)3-4-11(9)15/h3-5,7-8H,6,15H2,1-2H3. The first-order valence-electron chi connectivity index (χ1n) is 5.81. The maximum atomic E-state index is 13.1. The molecule has 0 bridgehead atoms. The molecule has 2 unspecified atom stereocenters. The molecule has 1 aromatic rings. The van der Waals surface area contributed by atoms with Crippen molar-refractivity contribution < 1.29 is 14.0 Å². The average Bonchev–Trinajstić information content (AvgIpc) is 2.51. The van der Waals surface area contributed by atoms with E-state index in [9.17, 15) is 14.0 Å². The van der Waals surface area contributed by atoms with Crippen molar-refractivity contribution in [2.24, 2.45) is 11.8 Å². The molecule has 1 saturated heterocycles. The summed E-state index contributed by atoms with van der Waals surface area (Å²) in [6, 6.07) is 3.93. The second kappa shape index (κ2) is 4.40. The van der Waals surface area contributed by atoms with E-state index in [-0.39, 0.29) is 30.2 Å². The molecule has 96 valence electrons. The van der Waals surface area contributed by atoms with Crippen molar-refractivity contribution in [3.05, 3.63) is 29.6 Å². The zero-order valence-corrected chi connectivity index (χ0v) is 10.3. The van der Waals surface area contributed by atoms with Crippen molar-refractivity contribution in [2.75, 3.05) is 5.73 Å². The molecule has 1 aliphatic heterocycles. The highest BCUT2D eigenvalue weighted by atomic mass is 19.1. The third-order valence-corrected chi connectivity index (χ3v) is 3.49. The van der Waals surface area contributed by atoms with Gasteiger partial charge in [-0.15, -0.1) is 0 Å². The molecule has 18 heavy (non-hydrogen) atoms. The van der Waals surface area contributed by atoms with E-state index in [2.05, 4.69) is 0 Å². The van der Waals surface area contributed by atoms with Gasteiger partial charge in [0.25, 0.3) is 0 Å². The highest BCUT2D eigenvalue weighted by Crippen LogP contribution is 2.28. The van der Waals surface area contributed by atoms with Crippen LogP contribution in [0.5, 0.6) is 0 Å². The van der Waals surface area contributed by atoms with Crippen molar-refractivity contribution in [1.29, 1.82) is 0 Å². The largest absolute Gasteiger partial charge is 0.398 e. The van der Waals surface area contributed by atoms with E-state index in [1.54, 1.807) is 13.8 Å². The van der Waals surface area contributed by atoms with Crippen LogP contribution in [0.25, 0.3) is 0 Å². The minimum absolute atomic E-state index is 0.0376. The van der Waals surface area contributed by atoms with E-state index in [0.29, 0.717) is 11.3 Å². The van der Waals surface area contributed by atoms with Crippen molar-refractivity contribution in [3.63, 3.8) is 0 Å². The minimum Gasteiger partial charge on any atom is -0.398 e. The lowest BCUT2D eigenvalue weighted by Gasteiger charge is -2.16. The minimum atomic E-state index is -0.431. The number of nitrogen functional groups attached to an aromatic ring is 1. The normalized spacial score (nSPS) is 23.8. The van der Waals surface area contributed by atoms with E-state index in [1.165, 1.54) is 18.2 Å². The molecule has 1 heterocycles. The van der Waals surface area contributed by atoms with Crippen LogP contribution in [0.4, 0.5) is 10.1 Å². The number of hydrogen-bond donors (Lipinski definition) is 1. The third kappa shape index (κ3) is 1.96. The molecule has 1 aliphatic rings. The van der Waals surface area contributed by atoms with Crippen molar-refractivity contribution in [3.8, 4) is 0 Å². The van der Waals surface area contributed by atoms with Crippen LogP contribution in [-0.4, -0.2) is 16.7 Å².